The molecule has 1 N–H and O–H groups in total. The fourth-order valence-electron chi connectivity index (χ4n) is 4.13. The van der Waals surface area contributed by atoms with Crippen LogP contribution in [-0.2, 0) is 13.1 Å². The lowest BCUT2D eigenvalue weighted by atomic mass is 10.1. The van der Waals surface area contributed by atoms with Crippen molar-refractivity contribution in [3.63, 3.8) is 0 Å². The van der Waals surface area contributed by atoms with E-state index < -0.39 is 0 Å². The first kappa shape index (κ1) is 21.2. The zero-order chi connectivity index (χ0) is 22.6. The smallest absolute Gasteiger partial charge is 0.253 e. The minimum atomic E-state index is -0.137. The summed E-state index contributed by atoms with van der Waals surface area (Å²) < 4.78 is 1.94. The van der Waals surface area contributed by atoms with E-state index in [0.717, 1.165) is 48.9 Å². The molecule has 0 aromatic carbocycles. The Kier molecular flexibility index (Phi) is 6.05. The van der Waals surface area contributed by atoms with Gasteiger partial charge in [-0.25, -0.2) is 0 Å². The van der Waals surface area contributed by atoms with E-state index in [0.29, 0.717) is 12.1 Å². The van der Waals surface area contributed by atoms with E-state index in [1.165, 1.54) is 0 Å². The zero-order valence-electron chi connectivity index (χ0n) is 18.5. The van der Waals surface area contributed by atoms with Crippen molar-refractivity contribution in [1.29, 1.82) is 0 Å². The van der Waals surface area contributed by atoms with Crippen molar-refractivity contribution in [1.82, 2.24) is 39.7 Å². The molecule has 5 rings (SSSR count). The van der Waals surface area contributed by atoms with Gasteiger partial charge in [0.25, 0.3) is 5.91 Å². The third-order valence-electron chi connectivity index (χ3n) is 6.04. The van der Waals surface area contributed by atoms with E-state index in [2.05, 4.69) is 48.4 Å². The Morgan fingerprint density at radius 2 is 1.94 bits per heavy atom. The van der Waals surface area contributed by atoms with Gasteiger partial charge in [-0.2, -0.15) is 0 Å². The summed E-state index contributed by atoms with van der Waals surface area (Å²) in [6, 6.07) is 13.5. The van der Waals surface area contributed by atoms with Gasteiger partial charge >= 0.3 is 0 Å². The number of aromatic nitrogens is 5. The minimum absolute atomic E-state index is 0.0626. The van der Waals surface area contributed by atoms with E-state index in [-0.39, 0.29) is 11.9 Å². The summed E-state index contributed by atoms with van der Waals surface area (Å²) in [7, 11) is 2.11. The Labute approximate surface area is 192 Å². The second kappa shape index (κ2) is 9.43. The van der Waals surface area contributed by atoms with Gasteiger partial charge in [-0.05, 0) is 49.0 Å². The van der Waals surface area contributed by atoms with Crippen LogP contribution in [0.3, 0.4) is 0 Å². The van der Waals surface area contributed by atoms with Crippen LogP contribution in [0.5, 0.6) is 0 Å². The van der Waals surface area contributed by atoms with Crippen molar-refractivity contribution in [2.75, 3.05) is 26.7 Å². The van der Waals surface area contributed by atoms with Crippen molar-refractivity contribution in [2.45, 2.75) is 19.1 Å². The molecule has 4 aromatic heterocycles. The maximum Gasteiger partial charge on any atom is 0.253 e. The second-order valence-electron chi connectivity index (χ2n) is 8.29. The Hall–Kier alpha value is -3.69. The number of nitrogens with one attached hydrogen (secondary N) is 1. The fraction of sp³-hybridized carbons (Fsp3) is 0.292. The first-order valence-electron chi connectivity index (χ1n) is 11.0. The van der Waals surface area contributed by atoms with Crippen LogP contribution in [0.25, 0.3) is 5.65 Å². The largest absolute Gasteiger partial charge is 0.348 e. The average Bonchev–Trinajstić information content (AvgIpc) is 3.28. The predicted molar refractivity (Wildman–Crippen MR) is 123 cm³/mol. The summed E-state index contributed by atoms with van der Waals surface area (Å²) in [5.41, 5.74) is 3.36. The molecule has 0 spiro atoms. The van der Waals surface area contributed by atoms with Gasteiger partial charge in [-0.15, -0.1) is 10.2 Å². The molecule has 1 aliphatic heterocycles. The maximum atomic E-state index is 12.8. The van der Waals surface area contributed by atoms with Gasteiger partial charge < -0.3 is 5.32 Å². The Morgan fingerprint density at radius 1 is 1.06 bits per heavy atom. The van der Waals surface area contributed by atoms with Crippen molar-refractivity contribution in [2.24, 2.45) is 0 Å². The van der Waals surface area contributed by atoms with Gasteiger partial charge in [0.05, 0.1) is 17.3 Å². The molecule has 5 heterocycles. The molecule has 9 nitrogen and oxygen atoms in total. The molecule has 1 saturated heterocycles. The molecular weight excluding hydrogens is 416 g/mol. The molecule has 9 heteroatoms. The van der Waals surface area contributed by atoms with Crippen molar-refractivity contribution < 1.29 is 4.79 Å². The molecule has 1 amide bonds. The average molecular weight is 443 g/mol. The third-order valence-corrected chi connectivity index (χ3v) is 6.04. The highest BCUT2D eigenvalue weighted by Crippen LogP contribution is 2.24. The van der Waals surface area contributed by atoms with Crippen LogP contribution in [0, 0.1) is 0 Å². The highest BCUT2D eigenvalue weighted by Gasteiger charge is 2.29. The molecule has 4 aromatic rings. The topological polar surface area (TPSA) is 91.5 Å². The number of hydrogen-bond donors (Lipinski definition) is 1. The normalized spacial score (nSPS) is 17.3. The van der Waals surface area contributed by atoms with Crippen LogP contribution < -0.4 is 5.32 Å². The number of hydrogen-bond acceptors (Lipinski definition) is 7. The van der Waals surface area contributed by atoms with Crippen molar-refractivity contribution in [3.05, 3.63) is 89.9 Å². The molecular formula is C24H26N8O. The Balaban J connectivity index is 1.34. The highest BCUT2D eigenvalue weighted by atomic mass is 16.1. The van der Waals surface area contributed by atoms with Crippen LogP contribution in [0.2, 0.25) is 0 Å². The lowest BCUT2D eigenvalue weighted by molar-refractivity contribution is 0.0844. The van der Waals surface area contributed by atoms with Gasteiger partial charge in [-0.1, -0.05) is 6.07 Å². The standard InChI is InChI=1S/C24H26N8O/c1-30-12-13-31(16-20-4-2-3-9-26-20)17-21(30)23-29-28-22-6-5-19(15-32(22)23)24(33)27-14-18-7-10-25-11-8-18/h2-11,15,21H,12-14,16-17H2,1H3,(H,27,33)/t21-/m0/s1. The minimum Gasteiger partial charge on any atom is -0.348 e. The number of nitrogens with zero attached hydrogens (tertiary/aromatic N) is 7. The lowest BCUT2D eigenvalue weighted by Gasteiger charge is -2.38. The van der Waals surface area contributed by atoms with Gasteiger partial charge in [0.2, 0.25) is 0 Å². The summed E-state index contributed by atoms with van der Waals surface area (Å²) in [5.74, 6) is 0.698. The van der Waals surface area contributed by atoms with E-state index in [4.69, 9.17) is 0 Å². The molecule has 1 atom stereocenters. The van der Waals surface area contributed by atoms with E-state index >= 15 is 0 Å². The summed E-state index contributed by atoms with van der Waals surface area (Å²) in [4.78, 5) is 25.9. The monoisotopic (exact) mass is 442 g/mol. The van der Waals surface area contributed by atoms with E-state index in [1.54, 1.807) is 18.5 Å². The highest BCUT2D eigenvalue weighted by molar-refractivity contribution is 5.94. The summed E-state index contributed by atoms with van der Waals surface area (Å²) in [6.45, 7) is 3.93. The Morgan fingerprint density at radius 3 is 2.76 bits per heavy atom. The number of pyridine rings is 3. The molecule has 1 aliphatic rings. The zero-order valence-corrected chi connectivity index (χ0v) is 18.5. The summed E-state index contributed by atoms with van der Waals surface area (Å²) >= 11 is 0. The predicted octanol–water partition coefficient (Wildman–Crippen LogP) is 1.94. The fourth-order valence-corrected chi connectivity index (χ4v) is 4.13. The first-order valence-corrected chi connectivity index (χ1v) is 11.0. The number of amides is 1. The number of carbonyl (C=O) groups excluding carboxylic acids is 1. The quantitative estimate of drug-likeness (QED) is 0.488. The molecule has 0 saturated carbocycles. The number of rotatable bonds is 6. The SMILES string of the molecule is CN1CCN(Cc2ccccn2)C[C@H]1c1nnc2ccc(C(=O)NCc3ccncc3)cn12. The number of piperazine rings is 1. The van der Waals surface area contributed by atoms with E-state index in [9.17, 15) is 4.79 Å². The maximum absolute atomic E-state index is 12.8. The lowest BCUT2D eigenvalue weighted by Crippen LogP contribution is -2.46. The van der Waals surface area contributed by atoms with Crippen LogP contribution in [0.1, 0.15) is 33.5 Å². The van der Waals surface area contributed by atoms with Crippen LogP contribution >= 0.6 is 0 Å². The number of carbonyl (C=O) groups is 1. The summed E-state index contributed by atoms with van der Waals surface area (Å²) in [5, 5.41) is 11.8. The molecule has 0 radical (unpaired) electrons. The van der Waals surface area contributed by atoms with Crippen LogP contribution in [-0.4, -0.2) is 67.0 Å². The van der Waals surface area contributed by atoms with Crippen molar-refractivity contribution in [3.8, 4) is 0 Å². The van der Waals surface area contributed by atoms with Crippen LogP contribution in [0.4, 0.5) is 0 Å². The number of likely N-dealkylation sites (N-methyl/N-ethyl adjacent to an activating group) is 1. The molecule has 33 heavy (non-hydrogen) atoms. The molecule has 168 valence electrons. The van der Waals surface area contributed by atoms with Gasteiger partial charge in [0, 0.05) is 57.5 Å². The van der Waals surface area contributed by atoms with Crippen LogP contribution in [0.15, 0.2) is 67.3 Å². The van der Waals surface area contributed by atoms with Crippen molar-refractivity contribution >= 4 is 11.6 Å². The molecule has 0 unspecified atom stereocenters. The Bertz CT molecular complexity index is 1230. The third kappa shape index (κ3) is 4.74. The van der Waals surface area contributed by atoms with Gasteiger partial charge in [0.15, 0.2) is 11.5 Å². The molecule has 1 fully saturated rings. The second-order valence-corrected chi connectivity index (χ2v) is 8.29. The first-order chi connectivity index (χ1) is 16.2. The molecule has 0 bridgehead atoms. The number of fused-ring (bicyclic) bond motifs is 1. The molecule has 0 aliphatic carbocycles. The van der Waals surface area contributed by atoms with Gasteiger partial charge in [0.1, 0.15) is 0 Å². The van der Waals surface area contributed by atoms with Gasteiger partial charge in [-0.3, -0.25) is 29.0 Å². The van der Waals surface area contributed by atoms with E-state index in [1.807, 2.05) is 47.1 Å². The summed E-state index contributed by atoms with van der Waals surface area (Å²) in [6.07, 6.45) is 7.10.